The number of benzene rings is 1. The molecule has 27 heavy (non-hydrogen) atoms. The van der Waals surface area contributed by atoms with Gasteiger partial charge < -0.3 is 15.7 Å². The molecule has 3 N–H and O–H groups in total. The van der Waals surface area contributed by atoms with E-state index in [0.29, 0.717) is 6.54 Å². The number of halogens is 1. The van der Waals surface area contributed by atoms with Crippen molar-refractivity contribution in [2.24, 2.45) is 4.99 Å². The first kappa shape index (κ1) is 24.4. The van der Waals surface area contributed by atoms with E-state index < -0.39 is 16.9 Å². The lowest BCUT2D eigenvalue weighted by molar-refractivity contribution is 0.187. The third-order valence-corrected chi connectivity index (χ3v) is 6.56. The molecule has 0 bridgehead atoms. The van der Waals surface area contributed by atoms with Gasteiger partial charge in [-0.3, -0.25) is 9.20 Å². The number of aryl methyl sites for hydroxylation is 1. The Bertz CT molecular complexity index is 627. The average Bonchev–Trinajstić information content (AvgIpc) is 2.65. The van der Waals surface area contributed by atoms with Crippen molar-refractivity contribution in [3.8, 4) is 0 Å². The Morgan fingerprint density at radius 1 is 1.37 bits per heavy atom. The molecule has 1 aliphatic carbocycles. The Balaban J connectivity index is 0.00000364. The van der Waals surface area contributed by atoms with Gasteiger partial charge in [-0.1, -0.05) is 43.2 Å². The molecular weight excluding hydrogens is 473 g/mol. The molecule has 1 saturated carbocycles. The van der Waals surface area contributed by atoms with Gasteiger partial charge in [0.15, 0.2) is 5.96 Å². The highest BCUT2D eigenvalue weighted by atomic mass is 127. The number of aliphatic imine (C=N–C) groups is 1. The van der Waals surface area contributed by atoms with E-state index in [9.17, 15) is 9.32 Å². The summed E-state index contributed by atoms with van der Waals surface area (Å²) in [6.07, 6.45) is 3.53. The van der Waals surface area contributed by atoms with Gasteiger partial charge in [0.2, 0.25) is 0 Å². The summed E-state index contributed by atoms with van der Waals surface area (Å²) in [6, 6.07) is 8.19. The van der Waals surface area contributed by atoms with Crippen LogP contribution in [0.3, 0.4) is 0 Å². The zero-order valence-electron chi connectivity index (χ0n) is 16.6. The molecular formula is C20H34IN3O2S. The number of nitrogens with one attached hydrogen (secondary N) is 2. The molecule has 1 aromatic carbocycles. The summed E-state index contributed by atoms with van der Waals surface area (Å²) in [5, 5.41) is 17.4. The van der Waals surface area contributed by atoms with Crippen LogP contribution in [0.4, 0.5) is 0 Å². The van der Waals surface area contributed by atoms with E-state index in [1.54, 1.807) is 0 Å². The van der Waals surface area contributed by atoms with Crippen LogP contribution in [0.1, 0.15) is 56.8 Å². The minimum atomic E-state index is -0.731. The lowest BCUT2D eigenvalue weighted by Crippen LogP contribution is -2.46. The monoisotopic (exact) mass is 507 g/mol. The second-order valence-corrected chi connectivity index (χ2v) is 8.95. The van der Waals surface area contributed by atoms with Gasteiger partial charge in [-0.25, -0.2) is 0 Å². The van der Waals surface area contributed by atoms with Crippen molar-refractivity contribution < 1.29 is 9.32 Å². The Kier molecular flexibility index (Phi) is 11.5. The number of nitrogens with zero attached hydrogens (tertiary/aromatic N) is 1. The van der Waals surface area contributed by atoms with E-state index in [1.807, 2.05) is 45.0 Å². The number of aliphatic hydroxyl groups excluding tert-OH is 1. The smallest absolute Gasteiger partial charge is 0.191 e. The van der Waals surface area contributed by atoms with Crippen LogP contribution in [-0.2, 0) is 10.8 Å². The second-order valence-electron chi connectivity index (χ2n) is 6.95. The molecule has 0 aliphatic heterocycles. The fraction of sp³-hybridized carbons (Fsp3) is 0.650. The average molecular weight is 507 g/mol. The highest BCUT2D eigenvalue weighted by Crippen LogP contribution is 2.23. The van der Waals surface area contributed by atoms with Gasteiger partial charge in [0, 0.05) is 34.4 Å². The first-order chi connectivity index (χ1) is 12.5. The van der Waals surface area contributed by atoms with Crippen LogP contribution in [0.15, 0.2) is 29.3 Å². The van der Waals surface area contributed by atoms with E-state index in [0.717, 1.165) is 55.1 Å². The van der Waals surface area contributed by atoms with Crippen molar-refractivity contribution in [1.82, 2.24) is 10.6 Å². The van der Waals surface area contributed by atoms with Crippen LogP contribution in [0.2, 0.25) is 0 Å². The van der Waals surface area contributed by atoms with Crippen molar-refractivity contribution in [1.29, 1.82) is 0 Å². The molecule has 1 aromatic rings. The third-order valence-electron chi connectivity index (χ3n) is 4.82. The first-order valence-electron chi connectivity index (χ1n) is 9.70. The molecule has 0 spiro atoms. The highest BCUT2D eigenvalue weighted by Gasteiger charge is 2.26. The quantitative estimate of drug-likeness (QED) is 0.301. The maximum absolute atomic E-state index is 12.1. The molecule has 1 aliphatic rings. The maximum atomic E-state index is 12.1. The lowest BCUT2D eigenvalue weighted by Gasteiger charge is -2.30. The van der Waals surface area contributed by atoms with Crippen LogP contribution in [0, 0.1) is 6.92 Å². The summed E-state index contributed by atoms with van der Waals surface area (Å²) in [6.45, 7) is 7.12. The van der Waals surface area contributed by atoms with Crippen molar-refractivity contribution >= 4 is 40.7 Å². The zero-order chi connectivity index (χ0) is 18.9. The van der Waals surface area contributed by atoms with Crippen LogP contribution < -0.4 is 10.6 Å². The van der Waals surface area contributed by atoms with Crippen molar-refractivity contribution in [2.45, 2.75) is 63.9 Å². The minimum Gasteiger partial charge on any atom is -0.386 e. The molecule has 0 saturated heterocycles. The van der Waals surface area contributed by atoms with Crippen LogP contribution >= 0.6 is 24.0 Å². The lowest BCUT2D eigenvalue weighted by atomic mass is 9.95. The Morgan fingerprint density at radius 3 is 2.81 bits per heavy atom. The number of guanidine groups is 1. The van der Waals surface area contributed by atoms with Crippen molar-refractivity contribution in [3.05, 3.63) is 35.4 Å². The molecule has 0 aromatic heterocycles. The Labute approximate surface area is 183 Å². The normalized spacial score (nSPS) is 22.4. The van der Waals surface area contributed by atoms with Crippen molar-refractivity contribution in [3.63, 3.8) is 0 Å². The molecule has 1 fully saturated rings. The van der Waals surface area contributed by atoms with E-state index in [1.165, 1.54) is 0 Å². The fourth-order valence-corrected chi connectivity index (χ4v) is 4.77. The number of hydrogen-bond donors (Lipinski definition) is 3. The standard InChI is InChI=1S/C20H33N3O2S.HI/c1-4-21-20(22-14-19(24)16-9-6-8-15(3)12-16)23-17-10-7-11-18(13-17)26(25)5-2;/h6,8-9,12,17-19,24H,4-5,7,10-11,13-14H2,1-3H3,(H2,21,22,23);1H. The minimum absolute atomic E-state index is 0. The van der Waals surface area contributed by atoms with Gasteiger partial charge in [0.1, 0.15) is 0 Å². The summed E-state index contributed by atoms with van der Waals surface area (Å²) in [5.41, 5.74) is 2.02. The predicted molar refractivity (Wildman–Crippen MR) is 125 cm³/mol. The molecule has 0 radical (unpaired) electrons. The molecule has 4 unspecified atom stereocenters. The summed E-state index contributed by atoms with van der Waals surface area (Å²) in [4.78, 5) is 4.57. The maximum Gasteiger partial charge on any atom is 0.191 e. The molecule has 2 rings (SSSR count). The molecule has 7 heteroatoms. The topological polar surface area (TPSA) is 73.7 Å². The van der Waals surface area contributed by atoms with Gasteiger partial charge in [-0.05, 0) is 38.7 Å². The number of rotatable bonds is 7. The van der Waals surface area contributed by atoms with Crippen LogP contribution in [0.25, 0.3) is 0 Å². The van der Waals surface area contributed by atoms with Gasteiger partial charge in [0.05, 0.1) is 12.6 Å². The summed E-state index contributed by atoms with van der Waals surface area (Å²) >= 11 is 0. The van der Waals surface area contributed by atoms with Gasteiger partial charge in [-0.15, -0.1) is 24.0 Å². The third kappa shape index (κ3) is 8.07. The molecule has 0 heterocycles. The van der Waals surface area contributed by atoms with Gasteiger partial charge in [0.25, 0.3) is 0 Å². The second kappa shape index (κ2) is 12.7. The summed E-state index contributed by atoms with van der Waals surface area (Å²) in [7, 11) is -0.731. The van der Waals surface area contributed by atoms with Crippen LogP contribution in [-0.4, -0.2) is 45.4 Å². The summed E-state index contributed by atoms with van der Waals surface area (Å²) < 4.78 is 12.1. The van der Waals surface area contributed by atoms with Gasteiger partial charge in [-0.2, -0.15) is 0 Å². The molecule has 5 nitrogen and oxygen atoms in total. The largest absolute Gasteiger partial charge is 0.386 e. The number of hydrogen-bond acceptors (Lipinski definition) is 3. The molecule has 0 amide bonds. The fourth-order valence-electron chi connectivity index (χ4n) is 3.42. The molecule has 154 valence electrons. The number of aliphatic hydroxyl groups is 1. The van der Waals surface area contributed by atoms with Crippen LogP contribution in [0.5, 0.6) is 0 Å². The summed E-state index contributed by atoms with van der Waals surface area (Å²) in [5.74, 6) is 1.46. The van der Waals surface area contributed by atoms with Crippen molar-refractivity contribution in [2.75, 3.05) is 18.8 Å². The van der Waals surface area contributed by atoms with E-state index in [-0.39, 0.29) is 35.3 Å². The van der Waals surface area contributed by atoms with Gasteiger partial charge >= 0.3 is 0 Å². The zero-order valence-corrected chi connectivity index (χ0v) is 19.8. The van der Waals surface area contributed by atoms with E-state index >= 15 is 0 Å². The Morgan fingerprint density at radius 2 is 2.15 bits per heavy atom. The first-order valence-corrected chi connectivity index (χ1v) is 11.1. The SMILES string of the molecule is CCNC(=NCC(O)c1cccc(C)c1)NC1CCCC(S(=O)CC)C1.I. The molecule has 4 atom stereocenters. The Hall–Kier alpha value is -0.670. The van der Waals surface area contributed by atoms with E-state index in [4.69, 9.17) is 0 Å². The highest BCUT2D eigenvalue weighted by molar-refractivity contribution is 14.0. The van der Waals surface area contributed by atoms with E-state index in [2.05, 4.69) is 15.6 Å². The predicted octanol–water partition coefficient (Wildman–Crippen LogP) is 3.28.